The zero-order valence-electron chi connectivity index (χ0n) is 10.9. The SMILES string of the molecule is Cc1ccc(C)n1NCc1cc2c(cc1O)OCO2. The Kier molecular flexibility index (Phi) is 2.74. The maximum Gasteiger partial charge on any atom is 0.231 e. The van der Waals surface area contributed by atoms with Crippen LogP contribution in [-0.4, -0.2) is 16.6 Å². The second kappa shape index (κ2) is 4.42. The third kappa shape index (κ3) is 2.07. The van der Waals surface area contributed by atoms with Gasteiger partial charge in [-0.25, -0.2) is 0 Å². The summed E-state index contributed by atoms with van der Waals surface area (Å²) in [6.45, 7) is 4.78. The van der Waals surface area contributed by atoms with Crippen molar-refractivity contribution >= 4 is 0 Å². The van der Waals surface area contributed by atoms with Crippen molar-refractivity contribution in [2.24, 2.45) is 0 Å². The summed E-state index contributed by atoms with van der Waals surface area (Å²) in [6.07, 6.45) is 0. The molecule has 0 saturated heterocycles. The first-order valence-electron chi connectivity index (χ1n) is 6.15. The van der Waals surface area contributed by atoms with Gasteiger partial charge in [0.25, 0.3) is 0 Å². The lowest BCUT2D eigenvalue weighted by Gasteiger charge is -2.13. The Morgan fingerprint density at radius 1 is 1.16 bits per heavy atom. The minimum atomic E-state index is 0.208. The lowest BCUT2D eigenvalue weighted by molar-refractivity contribution is 0.174. The summed E-state index contributed by atoms with van der Waals surface area (Å²) < 4.78 is 12.5. The van der Waals surface area contributed by atoms with E-state index in [1.165, 1.54) is 0 Å². The molecule has 1 aliphatic heterocycles. The molecule has 2 aromatic rings. The van der Waals surface area contributed by atoms with Gasteiger partial charge in [-0.1, -0.05) is 0 Å². The fourth-order valence-electron chi connectivity index (χ4n) is 2.20. The normalized spacial score (nSPS) is 12.7. The summed E-state index contributed by atoms with van der Waals surface area (Å²) in [6, 6.07) is 7.48. The molecule has 1 aromatic heterocycles. The van der Waals surface area contributed by atoms with Crippen molar-refractivity contribution in [2.75, 3.05) is 12.2 Å². The first-order valence-corrected chi connectivity index (χ1v) is 6.15. The predicted molar refractivity (Wildman–Crippen MR) is 71.2 cm³/mol. The number of phenolic OH excluding ortho intramolecular Hbond substituents is 1. The van der Waals surface area contributed by atoms with Gasteiger partial charge in [-0.15, -0.1) is 0 Å². The number of hydrogen-bond donors (Lipinski definition) is 2. The maximum atomic E-state index is 9.96. The average molecular weight is 260 g/mol. The first kappa shape index (κ1) is 11.8. The summed E-state index contributed by atoms with van der Waals surface area (Å²) in [4.78, 5) is 0. The highest BCUT2D eigenvalue weighted by Gasteiger charge is 2.16. The molecule has 2 N–H and O–H groups in total. The number of aromatic nitrogens is 1. The number of phenols is 1. The van der Waals surface area contributed by atoms with Crippen LogP contribution in [0.25, 0.3) is 0 Å². The number of fused-ring (bicyclic) bond motifs is 1. The van der Waals surface area contributed by atoms with E-state index in [1.54, 1.807) is 12.1 Å². The third-order valence-electron chi connectivity index (χ3n) is 3.27. The van der Waals surface area contributed by atoms with Crippen LogP contribution in [0.2, 0.25) is 0 Å². The number of nitrogens with one attached hydrogen (secondary N) is 1. The molecule has 0 saturated carbocycles. The Morgan fingerprint density at radius 3 is 2.47 bits per heavy atom. The van der Waals surface area contributed by atoms with Crippen LogP contribution in [0.15, 0.2) is 24.3 Å². The van der Waals surface area contributed by atoms with Gasteiger partial charge in [0.15, 0.2) is 11.5 Å². The van der Waals surface area contributed by atoms with E-state index in [0.717, 1.165) is 17.0 Å². The molecule has 0 aliphatic carbocycles. The number of aryl methyl sites for hydroxylation is 2. The fraction of sp³-hybridized carbons (Fsp3) is 0.286. The summed E-state index contributed by atoms with van der Waals surface area (Å²) in [7, 11) is 0. The number of benzene rings is 1. The van der Waals surface area contributed by atoms with E-state index in [1.807, 2.05) is 30.7 Å². The molecule has 1 aromatic carbocycles. The number of nitrogens with zero attached hydrogens (tertiary/aromatic N) is 1. The number of rotatable bonds is 3. The van der Waals surface area contributed by atoms with Crippen LogP contribution in [0, 0.1) is 13.8 Å². The van der Waals surface area contributed by atoms with Crippen molar-refractivity contribution in [1.82, 2.24) is 4.68 Å². The molecule has 5 heteroatoms. The standard InChI is InChI=1S/C14H16N2O3/c1-9-3-4-10(2)16(9)15-7-11-5-13-14(6-12(11)17)19-8-18-13/h3-6,15,17H,7-8H2,1-2H3. The van der Waals surface area contributed by atoms with Crippen LogP contribution >= 0.6 is 0 Å². The van der Waals surface area contributed by atoms with Gasteiger partial charge in [0.1, 0.15) is 5.75 Å². The molecule has 0 amide bonds. The van der Waals surface area contributed by atoms with Gasteiger partial charge in [0.2, 0.25) is 6.79 Å². The molecule has 3 rings (SSSR count). The van der Waals surface area contributed by atoms with Gasteiger partial charge < -0.3 is 20.0 Å². The highest BCUT2D eigenvalue weighted by Crippen LogP contribution is 2.37. The van der Waals surface area contributed by atoms with Crippen LogP contribution in [0.4, 0.5) is 0 Å². The smallest absolute Gasteiger partial charge is 0.231 e. The molecule has 0 radical (unpaired) electrons. The third-order valence-corrected chi connectivity index (χ3v) is 3.27. The Hall–Kier alpha value is -2.30. The topological polar surface area (TPSA) is 55.7 Å². The monoisotopic (exact) mass is 260 g/mol. The second-order valence-electron chi connectivity index (χ2n) is 4.62. The van der Waals surface area contributed by atoms with E-state index >= 15 is 0 Å². The lowest BCUT2D eigenvalue weighted by atomic mass is 10.2. The zero-order valence-corrected chi connectivity index (χ0v) is 10.9. The van der Waals surface area contributed by atoms with Crippen molar-refractivity contribution in [1.29, 1.82) is 0 Å². The van der Waals surface area contributed by atoms with E-state index in [9.17, 15) is 5.11 Å². The quantitative estimate of drug-likeness (QED) is 0.889. The zero-order chi connectivity index (χ0) is 13.4. The summed E-state index contributed by atoms with van der Waals surface area (Å²) >= 11 is 0. The minimum Gasteiger partial charge on any atom is -0.507 e. The maximum absolute atomic E-state index is 9.96. The number of hydrogen-bond acceptors (Lipinski definition) is 4. The molecular weight excluding hydrogens is 244 g/mol. The van der Waals surface area contributed by atoms with E-state index < -0.39 is 0 Å². The number of aromatic hydroxyl groups is 1. The summed E-state index contributed by atoms with van der Waals surface area (Å²) in [5, 5.41) is 9.96. The molecule has 100 valence electrons. The van der Waals surface area contributed by atoms with Gasteiger partial charge in [0, 0.05) is 23.0 Å². The summed E-state index contributed by atoms with van der Waals surface area (Å²) in [5.41, 5.74) is 6.29. The molecular formula is C14H16N2O3. The van der Waals surface area contributed by atoms with Crippen LogP contribution in [0.1, 0.15) is 17.0 Å². The Balaban J connectivity index is 1.81. The summed E-state index contributed by atoms with van der Waals surface area (Å²) in [5.74, 6) is 1.48. The van der Waals surface area contributed by atoms with Crippen LogP contribution in [0.5, 0.6) is 17.2 Å². The van der Waals surface area contributed by atoms with Gasteiger partial charge in [0.05, 0.1) is 6.54 Å². The van der Waals surface area contributed by atoms with Gasteiger partial charge in [-0.2, -0.15) is 0 Å². The molecule has 0 atom stereocenters. The van der Waals surface area contributed by atoms with Crippen molar-refractivity contribution in [3.63, 3.8) is 0 Å². The van der Waals surface area contributed by atoms with Crippen LogP contribution < -0.4 is 14.9 Å². The Labute approximate surface area is 111 Å². The van der Waals surface area contributed by atoms with E-state index in [-0.39, 0.29) is 12.5 Å². The highest BCUT2D eigenvalue weighted by molar-refractivity contribution is 5.51. The molecule has 1 aliphatic rings. The van der Waals surface area contributed by atoms with Crippen LogP contribution in [-0.2, 0) is 6.54 Å². The number of ether oxygens (including phenoxy) is 2. The van der Waals surface area contributed by atoms with Crippen molar-refractivity contribution in [3.05, 3.63) is 41.2 Å². The van der Waals surface area contributed by atoms with E-state index in [2.05, 4.69) is 5.43 Å². The molecule has 0 fully saturated rings. The molecule has 19 heavy (non-hydrogen) atoms. The highest BCUT2D eigenvalue weighted by atomic mass is 16.7. The van der Waals surface area contributed by atoms with Gasteiger partial charge >= 0.3 is 0 Å². The lowest BCUT2D eigenvalue weighted by Crippen LogP contribution is -2.16. The Bertz CT molecular complexity index is 600. The fourth-order valence-corrected chi connectivity index (χ4v) is 2.20. The van der Waals surface area contributed by atoms with E-state index in [4.69, 9.17) is 9.47 Å². The molecule has 2 heterocycles. The van der Waals surface area contributed by atoms with Crippen molar-refractivity contribution in [2.45, 2.75) is 20.4 Å². The van der Waals surface area contributed by atoms with Crippen molar-refractivity contribution < 1.29 is 14.6 Å². The molecule has 0 bridgehead atoms. The molecule has 0 spiro atoms. The average Bonchev–Trinajstić information content (AvgIpc) is 2.94. The van der Waals surface area contributed by atoms with Crippen LogP contribution in [0.3, 0.4) is 0 Å². The van der Waals surface area contributed by atoms with Crippen molar-refractivity contribution in [3.8, 4) is 17.2 Å². The predicted octanol–water partition coefficient (Wildman–Crippen LogP) is 2.28. The largest absolute Gasteiger partial charge is 0.507 e. The van der Waals surface area contributed by atoms with E-state index in [0.29, 0.717) is 18.0 Å². The van der Waals surface area contributed by atoms with Gasteiger partial charge in [-0.05, 0) is 32.0 Å². The molecule has 0 unspecified atom stereocenters. The second-order valence-corrected chi connectivity index (χ2v) is 4.62. The minimum absolute atomic E-state index is 0.208. The Morgan fingerprint density at radius 2 is 1.79 bits per heavy atom. The van der Waals surface area contributed by atoms with Gasteiger partial charge in [-0.3, -0.25) is 4.68 Å². The first-order chi connectivity index (χ1) is 9.15. The molecule has 5 nitrogen and oxygen atoms in total.